The highest BCUT2D eigenvalue weighted by atomic mass is 16.6. The molecule has 0 spiro atoms. The van der Waals surface area contributed by atoms with Crippen molar-refractivity contribution in [2.24, 2.45) is 0 Å². The Morgan fingerprint density at radius 2 is 1.81 bits per heavy atom. The van der Waals surface area contributed by atoms with Gasteiger partial charge in [0.2, 0.25) is 5.78 Å². The SMILES string of the molecule is CCCc1ccc(C(=O)C2COc3ccccc3O2)cc1. The number of ketones is 1. The van der Waals surface area contributed by atoms with E-state index in [2.05, 4.69) is 6.92 Å². The highest BCUT2D eigenvalue weighted by molar-refractivity contribution is 6.00. The van der Waals surface area contributed by atoms with Crippen LogP contribution >= 0.6 is 0 Å². The Bertz CT molecular complexity index is 631. The molecule has 3 heteroatoms. The molecule has 0 amide bonds. The molecule has 3 rings (SSSR count). The second kappa shape index (κ2) is 6.00. The van der Waals surface area contributed by atoms with Crippen molar-refractivity contribution < 1.29 is 14.3 Å². The van der Waals surface area contributed by atoms with Crippen LogP contribution in [-0.4, -0.2) is 18.5 Å². The van der Waals surface area contributed by atoms with Crippen LogP contribution in [0.5, 0.6) is 11.5 Å². The minimum Gasteiger partial charge on any atom is -0.485 e. The zero-order valence-electron chi connectivity index (χ0n) is 12.0. The van der Waals surface area contributed by atoms with Crippen molar-refractivity contribution in [3.05, 3.63) is 59.7 Å². The molecule has 0 saturated carbocycles. The maximum Gasteiger partial charge on any atom is 0.206 e. The largest absolute Gasteiger partial charge is 0.485 e. The summed E-state index contributed by atoms with van der Waals surface area (Å²) in [6.45, 7) is 2.40. The first kappa shape index (κ1) is 13.7. The maximum absolute atomic E-state index is 12.5. The van der Waals surface area contributed by atoms with Gasteiger partial charge in [-0.3, -0.25) is 4.79 Å². The number of hydrogen-bond donors (Lipinski definition) is 0. The smallest absolute Gasteiger partial charge is 0.206 e. The van der Waals surface area contributed by atoms with Gasteiger partial charge in [-0.1, -0.05) is 49.7 Å². The predicted molar refractivity (Wildman–Crippen MR) is 81.1 cm³/mol. The zero-order chi connectivity index (χ0) is 14.7. The van der Waals surface area contributed by atoms with E-state index in [0.717, 1.165) is 12.8 Å². The summed E-state index contributed by atoms with van der Waals surface area (Å²) in [5.41, 5.74) is 1.92. The van der Waals surface area contributed by atoms with Crippen molar-refractivity contribution in [2.45, 2.75) is 25.9 Å². The van der Waals surface area contributed by atoms with Crippen LogP contribution in [0.3, 0.4) is 0 Å². The predicted octanol–water partition coefficient (Wildman–Crippen LogP) is 3.66. The molecule has 0 aromatic heterocycles. The van der Waals surface area contributed by atoms with E-state index in [1.807, 2.05) is 48.5 Å². The van der Waals surface area contributed by atoms with E-state index in [0.29, 0.717) is 17.1 Å². The second-order valence-corrected chi connectivity index (χ2v) is 5.18. The van der Waals surface area contributed by atoms with E-state index in [1.54, 1.807) is 0 Å². The number of fused-ring (bicyclic) bond motifs is 1. The summed E-state index contributed by atoms with van der Waals surface area (Å²) in [6.07, 6.45) is 1.56. The average Bonchev–Trinajstić information content (AvgIpc) is 2.55. The third kappa shape index (κ3) is 2.92. The van der Waals surface area contributed by atoms with Crippen molar-refractivity contribution in [3.63, 3.8) is 0 Å². The van der Waals surface area contributed by atoms with Crippen molar-refractivity contribution in [2.75, 3.05) is 6.61 Å². The lowest BCUT2D eigenvalue weighted by atomic mass is 10.0. The summed E-state index contributed by atoms with van der Waals surface area (Å²) in [6, 6.07) is 15.2. The summed E-state index contributed by atoms with van der Waals surface area (Å²) < 4.78 is 11.3. The average molecular weight is 282 g/mol. The second-order valence-electron chi connectivity index (χ2n) is 5.18. The van der Waals surface area contributed by atoms with Gasteiger partial charge < -0.3 is 9.47 Å². The standard InChI is InChI=1S/C18H18O3/c1-2-5-13-8-10-14(11-9-13)18(19)17-12-20-15-6-3-4-7-16(15)21-17/h3-4,6-11,17H,2,5,12H2,1H3. The van der Waals surface area contributed by atoms with Gasteiger partial charge in [0.05, 0.1) is 0 Å². The molecule has 1 heterocycles. The number of hydrogen-bond acceptors (Lipinski definition) is 3. The molecule has 0 aliphatic carbocycles. The summed E-state index contributed by atoms with van der Waals surface area (Å²) in [5, 5.41) is 0. The van der Waals surface area contributed by atoms with Gasteiger partial charge in [-0.25, -0.2) is 0 Å². The molecule has 0 saturated heterocycles. The molecular formula is C18H18O3. The number of benzene rings is 2. The van der Waals surface area contributed by atoms with Crippen LogP contribution in [0.25, 0.3) is 0 Å². The number of para-hydroxylation sites is 2. The summed E-state index contributed by atoms with van der Waals surface area (Å²) in [7, 11) is 0. The quantitative estimate of drug-likeness (QED) is 0.803. The van der Waals surface area contributed by atoms with Crippen LogP contribution in [0.2, 0.25) is 0 Å². The molecule has 1 atom stereocenters. The van der Waals surface area contributed by atoms with E-state index in [1.165, 1.54) is 5.56 Å². The Balaban J connectivity index is 1.74. The number of rotatable bonds is 4. The molecule has 1 aliphatic rings. The number of carbonyl (C=O) groups excluding carboxylic acids is 1. The number of Topliss-reactive ketones (excluding diaryl/α,β-unsaturated/α-hetero) is 1. The number of ether oxygens (including phenoxy) is 2. The van der Waals surface area contributed by atoms with Gasteiger partial charge in [0.25, 0.3) is 0 Å². The lowest BCUT2D eigenvalue weighted by molar-refractivity contribution is 0.0586. The third-order valence-corrected chi connectivity index (χ3v) is 3.58. The van der Waals surface area contributed by atoms with Gasteiger partial charge in [0, 0.05) is 5.56 Å². The highest BCUT2D eigenvalue weighted by Gasteiger charge is 2.27. The van der Waals surface area contributed by atoms with Crippen LogP contribution in [0.4, 0.5) is 0 Å². The number of carbonyl (C=O) groups is 1. The van der Waals surface area contributed by atoms with Crippen LogP contribution < -0.4 is 9.47 Å². The molecule has 108 valence electrons. The molecule has 0 radical (unpaired) electrons. The Morgan fingerprint density at radius 3 is 2.52 bits per heavy atom. The third-order valence-electron chi connectivity index (χ3n) is 3.58. The van der Waals surface area contributed by atoms with Gasteiger partial charge in [0.15, 0.2) is 17.6 Å². The first-order valence-electron chi connectivity index (χ1n) is 7.29. The van der Waals surface area contributed by atoms with E-state index in [4.69, 9.17) is 9.47 Å². The van der Waals surface area contributed by atoms with E-state index in [-0.39, 0.29) is 12.4 Å². The lowest BCUT2D eigenvalue weighted by Gasteiger charge is -2.25. The molecule has 3 nitrogen and oxygen atoms in total. The van der Waals surface area contributed by atoms with E-state index in [9.17, 15) is 4.79 Å². The normalized spacial score (nSPS) is 16.5. The molecule has 0 bridgehead atoms. The maximum atomic E-state index is 12.5. The van der Waals surface area contributed by atoms with Gasteiger partial charge >= 0.3 is 0 Å². The molecule has 0 N–H and O–H groups in total. The van der Waals surface area contributed by atoms with Crippen molar-refractivity contribution >= 4 is 5.78 Å². The van der Waals surface area contributed by atoms with Crippen molar-refractivity contribution in [1.82, 2.24) is 0 Å². The van der Waals surface area contributed by atoms with E-state index < -0.39 is 6.10 Å². The van der Waals surface area contributed by atoms with Crippen LogP contribution in [0.15, 0.2) is 48.5 Å². The minimum atomic E-state index is -0.572. The van der Waals surface area contributed by atoms with Gasteiger partial charge in [-0.2, -0.15) is 0 Å². The Hall–Kier alpha value is -2.29. The van der Waals surface area contributed by atoms with E-state index >= 15 is 0 Å². The fourth-order valence-electron chi connectivity index (χ4n) is 2.46. The topological polar surface area (TPSA) is 35.5 Å². The van der Waals surface area contributed by atoms with Gasteiger partial charge in [-0.05, 0) is 24.1 Å². The molecule has 1 aliphatic heterocycles. The monoisotopic (exact) mass is 282 g/mol. The first-order valence-corrected chi connectivity index (χ1v) is 7.29. The molecule has 1 unspecified atom stereocenters. The fraction of sp³-hybridized carbons (Fsp3) is 0.278. The van der Waals surface area contributed by atoms with Crippen LogP contribution in [0.1, 0.15) is 29.3 Å². The van der Waals surface area contributed by atoms with Crippen LogP contribution in [0, 0.1) is 0 Å². The Labute approximate surface area is 124 Å². The molecular weight excluding hydrogens is 264 g/mol. The Morgan fingerprint density at radius 1 is 1.10 bits per heavy atom. The highest BCUT2D eigenvalue weighted by Crippen LogP contribution is 2.31. The number of aryl methyl sites for hydroxylation is 1. The Kier molecular flexibility index (Phi) is 3.91. The lowest BCUT2D eigenvalue weighted by Crippen LogP contribution is -2.36. The summed E-state index contributed by atoms with van der Waals surface area (Å²) in [4.78, 5) is 12.5. The fourth-order valence-corrected chi connectivity index (χ4v) is 2.46. The van der Waals surface area contributed by atoms with Gasteiger partial charge in [-0.15, -0.1) is 0 Å². The molecule has 2 aromatic rings. The van der Waals surface area contributed by atoms with Crippen LogP contribution in [-0.2, 0) is 6.42 Å². The molecule has 0 fully saturated rings. The zero-order valence-corrected chi connectivity index (χ0v) is 12.0. The van der Waals surface area contributed by atoms with Crippen molar-refractivity contribution in [1.29, 1.82) is 0 Å². The van der Waals surface area contributed by atoms with Crippen molar-refractivity contribution in [3.8, 4) is 11.5 Å². The molecule has 2 aromatic carbocycles. The first-order chi connectivity index (χ1) is 10.3. The summed E-state index contributed by atoms with van der Waals surface area (Å²) in [5.74, 6) is 1.29. The van der Waals surface area contributed by atoms with Gasteiger partial charge in [0.1, 0.15) is 6.61 Å². The molecule has 21 heavy (non-hydrogen) atoms. The minimum absolute atomic E-state index is 0.0347. The summed E-state index contributed by atoms with van der Waals surface area (Å²) >= 11 is 0.